The van der Waals surface area contributed by atoms with Crippen molar-refractivity contribution >= 4 is 0 Å². The minimum absolute atomic E-state index is 1.12. The molecular weight excluding hydrogens is 192 g/mol. The van der Waals surface area contributed by atoms with Crippen LogP contribution in [-0.4, -0.2) is 0 Å². The van der Waals surface area contributed by atoms with E-state index in [1.165, 1.54) is 22.3 Å². The topological polar surface area (TPSA) is 0 Å². The molecule has 0 heteroatoms. The standard InChI is InChI=1S/C16H16/c1-3-9-13-14(10-4-2)16-12-8-6-5-7-11-15(13)16/h3-4,7-12H,1-2,5-6H2/b11-7-,12-8-,13-9?,14-10?. The monoisotopic (exact) mass is 208 g/mol. The molecule has 0 fully saturated rings. The smallest absolute Gasteiger partial charge is 0.00993 e. The first-order chi connectivity index (χ1) is 7.88. The Labute approximate surface area is 97.4 Å². The number of hydrogen-bond acceptors (Lipinski definition) is 0. The van der Waals surface area contributed by atoms with Crippen LogP contribution in [0.15, 0.2) is 84.1 Å². The van der Waals surface area contributed by atoms with Crippen molar-refractivity contribution in [2.75, 3.05) is 0 Å². The van der Waals surface area contributed by atoms with E-state index in [1.54, 1.807) is 0 Å². The van der Waals surface area contributed by atoms with Crippen molar-refractivity contribution in [3.05, 3.63) is 84.1 Å². The zero-order chi connectivity index (χ0) is 11.4. The van der Waals surface area contributed by atoms with Crippen LogP contribution in [0.5, 0.6) is 0 Å². The Balaban J connectivity index is 2.51. The molecule has 0 spiro atoms. The molecule has 2 rings (SSSR count). The van der Waals surface area contributed by atoms with Crippen LogP contribution in [0.25, 0.3) is 0 Å². The summed E-state index contributed by atoms with van der Waals surface area (Å²) in [5.74, 6) is 0. The van der Waals surface area contributed by atoms with Crippen LogP contribution in [0, 0.1) is 0 Å². The Morgan fingerprint density at radius 3 is 1.62 bits per heavy atom. The number of rotatable bonds is 2. The van der Waals surface area contributed by atoms with Crippen molar-refractivity contribution in [2.45, 2.75) is 12.8 Å². The van der Waals surface area contributed by atoms with E-state index in [4.69, 9.17) is 0 Å². The maximum atomic E-state index is 3.76. The molecule has 0 aliphatic heterocycles. The highest BCUT2D eigenvalue weighted by atomic mass is 14.3. The summed E-state index contributed by atoms with van der Waals surface area (Å²) in [6, 6.07) is 0. The third-order valence-electron chi connectivity index (χ3n) is 2.80. The van der Waals surface area contributed by atoms with Crippen LogP contribution in [-0.2, 0) is 0 Å². The van der Waals surface area contributed by atoms with Gasteiger partial charge in [-0.2, -0.15) is 0 Å². The molecule has 0 heterocycles. The lowest BCUT2D eigenvalue weighted by molar-refractivity contribution is 1.03. The third kappa shape index (κ3) is 1.79. The van der Waals surface area contributed by atoms with E-state index in [9.17, 15) is 0 Å². The number of hydrogen-bond donors (Lipinski definition) is 0. The van der Waals surface area contributed by atoms with E-state index in [-0.39, 0.29) is 0 Å². The maximum Gasteiger partial charge on any atom is -0.00993 e. The summed E-state index contributed by atoms with van der Waals surface area (Å²) in [4.78, 5) is 0. The van der Waals surface area contributed by atoms with Crippen molar-refractivity contribution in [3.8, 4) is 0 Å². The molecule has 16 heavy (non-hydrogen) atoms. The molecule has 2 aliphatic carbocycles. The summed E-state index contributed by atoms with van der Waals surface area (Å²) in [7, 11) is 0. The molecule has 80 valence electrons. The Hall–Kier alpha value is -1.82. The van der Waals surface area contributed by atoms with Crippen molar-refractivity contribution in [1.29, 1.82) is 0 Å². The lowest BCUT2D eigenvalue weighted by Crippen LogP contribution is -2.10. The molecule has 0 saturated carbocycles. The molecular formula is C16H16. The van der Waals surface area contributed by atoms with Gasteiger partial charge < -0.3 is 0 Å². The lowest BCUT2D eigenvalue weighted by atomic mass is 9.76. The van der Waals surface area contributed by atoms with Gasteiger partial charge in [-0.05, 0) is 35.1 Å². The van der Waals surface area contributed by atoms with Crippen molar-refractivity contribution in [3.63, 3.8) is 0 Å². The van der Waals surface area contributed by atoms with Crippen molar-refractivity contribution < 1.29 is 0 Å². The van der Waals surface area contributed by atoms with E-state index >= 15 is 0 Å². The first-order valence-electron chi connectivity index (χ1n) is 5.62. The lowest BCUT2D eigenvalue weighted by Gasteiger charge is -2.28. The van der Waals surface area contributed by atoms with Gasteiger partial charge in [0.1, 0.15) is 0 Å². The highest BCUT2D eigenvalue weighted by Crippen LogP contribution is 2.42. The van der Waals surface area contributed by atoms with Gasteiger partial charge in [0.05, 0.1) is 0 Å². The predicted molar refractivity (Wildman–Crippen MR) is 71.1 cm³/mol. The highest BCUT2D eigenvalue weighted by molar-refractivity contribution is 5.77. The van der Waals surface area contributed by atoms with Gasteiger partial charge in [0.15, 0.2) is 0 Å². The SMILES string of the molecule is C=CC=C1C(=CC=C)C2=C1/C=C\CC/C=C\2. The molecule has 0 radical (unpaired) electrons. The molecule has 0 atom stereocenters. The Morgan fingerprint density at radius 2 is 1.25 bits per heavy atom. The number of allylic oxidation sites excluding steroid dienone is 12. The minimum atomic E-state index is 1.12. The molecule has 0 nitrogen and oxygen atoms in total. The van der Waals surface area contributed by atoms with Crippen LogP contribution in [0.3, 0.4) is 0 Å². The van der Waals surface area contributed by atoms with Gasteiger partial charge >= 0.3 is 0 Å². The van der Waals surface area contributed by atoms with Gasteiger partial charge in [-0.15, -0.1) is 0 Å². The molecule has 2 aliphatic rings. The second kappa shape index (κ2) is 4.80. The van der Waals surface area contributed by atoms with Crippen LogP contribution in [0.4, 0.5) is 0 Å². The minimum Gasteiger partial charge on any atom is -0.0990 e. The van der Waals surface area contributed by atoms with E-state index in [0.29, 0.717) is 0 Å². The molecule has 0 saturated heterocycles. The molecule has 0 unspecified atom stereocenters. The fourth-order valence-corrected chi connectivity index (χ4v) is 2.07. The molecule has 0 amide bonds. The van der Waals surface area contributed by atoms with Crippen LogP contribution in [0.2, 0.25) is 0 Å². The summed E-state index contributed by atoms with van der Waals surface area (Å²) in [5.41, 5.74) is 5.19. The average molecular weight is 208 g/mol. The summed E-state index contributed by atoms with van der Waals surface area (Å²) < 4.78 is 0. The van der Waals surface area contributed by atoms with Crippen molar-refractivity contribution in [2.24, 2.45) is 0 Å². The first-order valence-corrected chi connectivity index (χ1v) is 5.62. The van der Waals surface area contributed by atoms with Crippen LogP contribution in [0.1, 0.15) is 12.8 Å². The Kier molecular flexibility index (Phi) is 3.21. The van der Waals surface area contributed by atoms with Gasteiger partial charge in [-0.25, -0.2) is 0 Å². The molecule has 0 aromatic carbocycles. The predicted octanol–water partition coefficient (Wildman–Crippen LogP) is 4.43. The van der Waals surface area contributed by atoms with Gasteiger partial charge in [0.2, 0.25) is 0 Å². The zero-order valence-electron chi connectivity index (χ0n) is 9.45. The summed E-state index contributed by atoms with van der Waals surface area (Å²) in [6.07, 6.45) is 19.0. The quantitative estimate of drug-likeness (QED) is 0.630. The van der Waals surface area contributed by atoms with E-state index in [2.05, 4.69) is 49.6 Å². The highest BCUT2D eigenvalue weighted by Gasteiger charge is 2.24. The normalized spacial score (nSPS) is 27.8. The van der Waals surface area contributed by atoms with Crippen LogP contribution >= 0.6 is 0 Å². The first kappa shape index (κ1) is 10.7. The third-order valence-corrected chi connectivity index (χ3v) is 2.80. The van der Waals surface area contributed by atoms with E-state index in [1.807, 2.05) is 12.2 Å². The Bertz CT molecular complexity index is 418. The molecule has 0 bridgehead atoms. The summed E-state index contributed by atoms with van der Waals surface area (Å²) >= 11 is 0. The molecule has 0 aromatic heterocycles. The maximum absolute atomic E-state index is 3.76. The van der Waals surface area contributed by atoms with Crippen LogP contribution < -0.4 is 0 Å². The summed E-state index contributed by atoms with van der Waals surface area (Å²) in [5, 5.41) is 0. The Morgan fingerprint density at radius 1 is 0.812 bits per heavy atom. The van der Waals surface area contributed by atoms with Gasteiger partial charge in [0.25, 0.3) is 0 Å². The zero-order valence-corrected chi connectivity index (χ0v) is 9.45. The average Bonchev–Trinajstić information content (AvgIpc) is 2.26. The van der Waals surface area contributed by atoms with Crippen molar-refractivity contribution in [1.82, 2.24) is 0 Å². The largest absolute Gasteiger partial charge is 0.0990 e. The second-order valence-corrected chi connectivity index (χ2v) is 3.84. The van der Waals surface area contributed by atoms with E-state index in [0.717, 1.165) is 12.8 Å². The fourth-order valence-electron chi connectivity index (χ4n) is 2.07. The van der Waals surface area contributed by atoms with Gasteiger partial charge in [-0.1, -0.05) is 61.8 Å². The second-order valence-electron chi connectivity index (χ2n) is 3.84. The van der Waals surface area contributed by atoms with Gasteiger partial charge in [-0.3, -0.25) is 0 Å². The van der Waals surface area contributed by atoms with E-state index < -0.39 is 0 Å². The fraction of sp³-hybridized carbons (Fsp3) is 0.125. The van der Waals surface area contributed by atoms with Gasteiger partial charge in [0, 0.05) is 0 Å². The molecule has 0 aromatic rings. The summed E-state index contributed by atoms with van der Waals surface area (Å²) in [6.45, 7) is 7.53. The molecule has 0 N–H and O–H groups in total.